The van der Waals surface area contributed by atoms with Crippen molar-refractivity contribution in [2.24, 2.45) is 0 Å². The van der Waals surface area contributed by atoms with E-state index in [9.17, 15) is 9.59 Å². The summed E-state index contributed by atoms with van der Waals surface area (Å²) >= 11 is 0. The Balaban J connectivity index is 2.39. The fraction of sp³-hybridized carbons (Fsp3) is 0.846. The Morgan fingerprint density at radius 3 is 2.85 bits per heavy atom. The van der Waals surface area contributed by atoms with Crippen molar-refractivity contribution in [2.45, 2.75) is 32.4 Å². The van der Waals surface area contributed by atoms with E-state index in [1.54, 1.807) is 0 Å². The summed E-state index contributed by atoms with van der Waals surface area (Å²) in [6, 6.07) is -0.767. The number of nitrogens with one attached hydrogen (secondary N) is 1. The van der Waals surface area contributed by atoms with Gasteiger partial charge in [0.2, 0.25) is 0 Å². The van der Waals surface area contributed by atoms with Crippen LogP contribution in [0.5, 0.6) is 0 Å². The van der Waals surface area contributed by atoms with Gasteiger partial charge in [-0.25, -0.2) is 9.59 Å². The Kier molecular flexibility index (Phi) is 6.74. The van der Waals surface area contributed by atoms with Gasteiger partial charge in [-0.1, -0.05) is 6.92 Å². The molecule has 2 atom stereocenters. The molecule has 0 aromatic carbocycles. The number of carboxylic acids is 1. The number of hydrogen-bond acceptors (Lipinski definition) is 4. The quantitative estimate of drug-likeness (QED) is 0.730. The van der Waals surface area contributed by atoms with Gasteiger partial charge >= 0.3 is 12.0 Å². The zero-order valence-corrected chi connectivity index (χ0v) is 12.5. The lowest BCUT2D eigenvalue weighted by molar-refractivity contribution is -0.147. The molecule has 7 heteroatoms. The van der Waals surface area contributed by atoms with Crippen LogP contribution in [-0.2, 0) is 9.53 Å². The zero-order valence-electron chi connectivity index (χ0n) is 12.5. The molecule has 0 aromatic rings. The average molecular weight is 287 g/mol. The normalized spacial score (nSPS) is 20.8. The van der Waals surface area contributed by atoms with Gasteiger partial charge in [0.1, 0.15) is 0 Å². The molecular formula is C13H25N3O4. The van der Waals surface area contributed by atoms with Crippen LogP contribution in [-0.4, -0.2) is 78.9 Å². The SMILES string of the molecule is CCC(C)N(C)CCNC(=O)N1CCOCC1C(=O)O. The third kappa shape index (κ3) is 4.64. The third-order valence-electron chi connectivity index (χ3n) is 3.76. The molecule has 1 saturated heterocycles. The first-order chi connectivity index (χ1) is 9.47. The molecular weight excluding hydrogens is 262 g/mol. The molecule has 2 N–H and O–H groups in total. The number of nitrogens with zero attached hydrogens (tertiary/aromatic N) is 2. The Hall–Kier alpha value is -1.34. The lowest BCUT2D eigenvalue weighted by Crippen LogP contribution is -2.56. The van der Waals surface area contributed by atoms with Crippen LogP contribution in [0.1, 0.15) is 20.3 Å². The van der Waals surface area contributed by atoms with Crippen LogP contribution in [0.2, 0.25) is 0 Å². The summed E-state index contributed by atoms with van der Waals surface area (Å²) in [6.07, 6.45) is 1.05. The highest BCUT2D eigenvalue weighted by Crippen LogP contribution is 2.07. The van der Waals surface area contributed by atoms with E-state index in [2.05, 4.69) is 24.1 Å². The van der Waals surface area contributed by atoms with E-state index in [0.717, 1.165) is 13.0 Å². The fourth-order valence-electron chi connectivity index (χ4n) is 2.02. The van der Waals surface area contributed by atoms with Crippen molar-refractivity contribution in [3.63, 3.8) is 0 Å². The summed E-state index contributed by atoms with van der Waals surface area (Å²) in [6.45, 7) is 6.23. The first-order valence-corrected chi connectivity index (χ1v) is 7.02. The maximum atomic E-state index is 12.0. The van der Waals surface area contributed by atoms with Gasteiger partial charge in [0.25, 0.3) is 0 Å². The Morgan fingerprint density at radius 2 is 2.25 bits per heavy atom. The molecule has 1 fully saturated rings. The van der Waals surface area contributed by atoms with Crippen LogP contribution in [0.15, 0.2) is 0 Å². The summed E-state index contributed by atoms with van der Waals surface area (Å²) in [5, 5.41) is 11.8. The van der Waals surface area contributed by atoms with Gasteiger partial charge in [-0.2, -0.15) is 0 Å². The van der Waals surface area contributed by atoms with Crippen molar-refractivity contribution < 1.29 is 19.4 Å². The van der Waals surface area contributed by atoms with Crippen molar-refractivity contribution in [3.8, 4) is 0 Å². The number of ether oxygens (including phenoxy) is 1. The second kappa shape index (κ2) is 8.06. The molecule has 1 aliphatic heterocycles. The lowest BCUT2D eigenvalue weighted by Gasteiger charge is -2.33. The number of carbonyl (C=O) groups is 2. The lowest BCUT2D eigenvalue weighted by atomic mass is 10.2. The molecule has 0 saturated carbocycles. The molecule has 20 heavy (non-hydrogen) atoms. The van der Waals surface area contributed by atoms with E-state index in [1.807, 2.05) is 7.05 Å². The first-order valence-electron chi connectivity index (χ1n) is 7.02. The van der Waals surface area contributed by atoms with Gasteiger partial charge < -0.3 is 25.0 Å². The molecule has 2 unspecified atom stereocenters. The summed E-state index contributed by atoms with van der Waals surface area (Å²) in [5.41, 5.74) is 0. The van der Waals surface area contributed by atoms with Gasteiger partial charge in [-0.3, -0.25) is 0 Å². The highest BCUT2D eigenvalue weighted by molar-refractivity contribution is 5.82. The highest BCUT2D eigenvalue weighted by atomic mass is 16.5. The van der Waals surface area contributed by atoms with Crippen molar-refractivity contribution >= 4 is 12.0 Å². The molecule has 0 spiro atoms. The molecule has 2 amide bonds. The van der Waals surface area contributed by atoms with Crippen molar-refractivity contribution in [1.29, 1.82) is 0 Å². The van der Waals surface area contributed by atoms with Gasteiger partial charge in [-0.15, -0.1) is 0 Å². The standard InChI is InChI=1S/C13H25N3O4/c1-4-10(2)15(3)6-5-14-13(19)16-7-8-20-9-11(16)12(17)18/h10-11H,4-9H2,1-3H3,(H,14,19)(H,17,18). The average Bonchev–Trinajstić information content (AvgIpc) is 2.45. The van der Waals surface area contributed by atoms with E-state index in [1.165, 1.54) is 4.90 Å². The van der Waals surface area contributed by atoms with E-state index in [0.29, 0.717) is 25.7 Å². The molecule has 0 radical (unpaired) electrons. The van der Waals surface area contributed by atoms with Crippen molar-refractivity contribution in [3.05, 3.63) is 0 Å². The summed E-state index contributed by atoms with van der Waals surface area (Å²) in [7, 11) is 2.01. The van der Waals surface area contributed by atoms with Gasteiger partial charge in [0.05, 0.1) is 13.2 Å². The van der Waals surface area contributed by atoms with Crippen LogP contribution >= 0.6 is 0 Å². The number of carbonyl (C=O) groups excluding carboxylic acids is 1. The number of morpholine rings is 1. The molecule has 0 aliphatic carbocycles. The first kappa shape index (κ1) is 16.7. The second-order valence-electron chi connectivity index (χ2n) is 5.09. The topological polar surface area (TPSA) is 82.1 Å². The van der Waals surface area contributed by atoms with Gasteiger partial charge in [0, 0.05) is 25.7 Å². The highest BCUT2D eigenvalue weighted by Gasteiger charge is 2.32. The number of likely N-dealkylation sites (N-methyl/N-ethyl adjacent to an activating group) is 1. The van der Waals surface area contributed by atoms with Gasteiger partial charge in [-0.05, 0) is 20.4 Å². The molecule has 7 nitrogen and oxygen atoms in total. The van der Waals surface area contributed by atoms with Crippen molar-refractivity contribution in [2.75, 3.05) is 39.9 Å². The number of aliphatic carboxylic acids is 1. The molecule has 1 rings (SSSR count). The monoisotopic (exact) mass is 287 g/mol. The summed E-state index contributed by atoms with van der Waals surface area (Å²) in [5.74, 6) is -1.03. The molecule has 1 heterocycles. The van der Waals surface area contributed by atoms with Crippen molar-refractivity contribution in [1.82, 2.24) is 15.1 Å². The molecule has 0 aromatic heterocycles. The maximum Gasteiger partial charge on any atom is 0.328 e. The van der Waals surface area contributed by atoms with E-state index in [4.69, 9.17) is 9.84 Å². The minimum atomic E-state index is -1.03. The Morgan fingerprint density at radius 1 is 1.55 bits per heavy atom. The largest absolute Gasteiger partial charge is 0.480 e. The Bertz CT molecular complexity index is 338. The van der Waals surface area contributed by atoms with Gasteiger partial charge in [0.15, 0.2) is 6.04 Å². The maximum absolute atomic E-state index is 12.0. The van der Waals surface area contributed by atoms with E-state index >= 15 is 0 Å². The predicted molar refractivity (Wildman–Crippen MR) is 74.7 cm³/mol. The van der Waals surface area contributed by atoms with Crippen LogP contribution in [0.25, 0.3) is 0 Å². The number of amides is 2. The summed E-state index contributed by atoms with van der Waals surface area (Å²) < 4.78 is 5.10. The van der Waals surface area contributed by atoms with E-state index < -0.39 is 12.0 Å². The minimum Gasteiger partial charge on any atom is -0.480 e. The zero-order chi connectivity index (χ0) is 15.1. The van der Waals surface area contributed by atoms with Crippen LogP contribution in [0.4, 0.5) is 4.79 Å². The van der Waals surface area contributed by atoms with Crippen LogP contribution in [0, 0.1) is 0 Å². The number of urea groups is 1. The fourth-order valence-corrected chi connectivity index (χ4v) is 2.02. The molecule has 0 bridgehead atoms. The van der Waals surface area contributed by atoms with E-state index in [-0.39, 0.29) is 12.6 Å². The number of carboxylic acid groups (broad SMARTS) is 1. The third-order valence-corrected chi connectivity index (χ3v) is 3.76. The molecule has 116 valence electrons. The summed E-state index contributed by atoms with van der Waals surface area (Å²) in [4.78, 5) is 26.6. The van der Waals surface area contributed by atoms with Crippen LogP contribution < -0.4 is 5.32 Å². The number of hydrogen-bond donors (Lipinski definition) is 2. The van der Waals surface area contributed by atoms with Crippen LogP contribution in [0.3, 0.4) is 0 Å². The Labute approximate surface area is 119 Å². The smallest absolute Gasteiger partial charge is 0.328 e. The number of rotatable bonds is 6. The molecule has 1 aliphatic rings. The second-order valence-corrected chi connectivity index (χ2v) is 5.09. The minimum absolute atomic E-state index is 0.0511. The predicted octanol–water partition coefficient (Wildman–Crippen LogP) is 0.212.